The van der Waals surface area contributed by atoms with Crippen LogP contribution >= 0.6 is 11.3 Å². The molecule has 4 N–H and O–H groups in total. The summed E-state index contributed by atoms with van der Waals surface area (Å²) in [5.41, 5.74) is 1.18. The highest BCUT2D eigenvalue weighted by molar-refractivity contribution is 7.09. The monoisotopic (exact) mass is 696 g/mol. The van der Waals surface area contributed by atoms with Crippen molar-refractivity contribution in [3.05, 3.63) is 69.8 Å². The average molecular weight is 697 g/mol. The predicted octanol–water partition coefficient (Wildman–Crippen LogP) is 1.57. The molecule has 4 amide bonds. The van der Waals surface area contributed by atoms with E-state index in [9.17, 15) is 19.2 Å². The van der Waals surface area contributed by atoms with Crippen LogP contribution in [0.5, 0.6) is 0 Å². The number of fused-ring (bicyclic) bond motifs is 4. The number of hydrogen-bond donors (Lipinski definition) is 4. The van der Waals surface area contributed by atoms with Crippen molar-refractivity contribution in [2.24, 2.45) is 5.92 Å². The molecule has 1 aromatic carbocycles. The van der Waals surface area contributed by atoms with Crippen molar-refractivity contribution in [2.45, 2.75) is 38.8 Å². The Balaban J connectivity index is 0.00000174. The maximum absolute atomic E-state index is 13.5. The Kier molecular flexibility index (Phi) is 13.8. The summed E-state index contributed by atoms with van der Waals surface area (Å²) >= 11 is 1.29. The molecule has 0 aliphatic carbocycles. The summed E-state index contributed by atoms with van der Waals surface area (Å²) in [6.07, 6.45) is 2.58. The van der Waals surface area contributed by atoms with Gasteiger partial charge in [0.15, 0.2) is 5.69 Å². The van der Waals surface area contributed by atoms with Gasteiger partial charge in [0, 0.05) is 38.0 Å². The van der Waals surface area contributed by atoms with Crippen LogP contribution in [0.15, 0.2) is 46.4 Å². The van der Waals surface area contributed by atoms with Crippen LogP contribution in [0.2, 0.25) is 0 Å². The second kappa shape index (κ2) is 18.2. The van der Waals surface area contributed by atoms with Gasteiger partial charge in [-0.15, -0.1) is 11.3 Å². The summed E-state index contributed by atoms with van der Waals surface area (Å²) in [7, 11) is 2.07. The molecule has 4 bridgehead atoms. The lowest BCUT2D eigenvalue weighted by molar-refractivity contribution is -0.137. The van der Waals surface area contributed by atoms with Crippen LogP contribution in [0, 0.1) is 5.92 Å². The number of benzene rings is 1. The third kappa shape index (κ3) is 10.9. The molecule has 2 aromatic heterocycles. The van der Waals surface area contributed by atoms with Gasteiger partial charge in [-0.25, -0.2) is 9.97 Å². The molecule has 0 spiro atoms. The third-order valence-electron chi connectivity index (χ3n) is 8.17. The fraction of sp³-hybridized carbons (Fsp3) is 0.485. The van der Waals surface area contributed by atoms with Gasteiger partial charge in [0.1, 0.15) is 23.0 Å². The normalized spacial score (nSPS) is 20.1. The first kappa shape index (κ1) is 37.2. The second-order valence-electron chi connectivity index (χ2n) is 12.3. The Bertz CT molecular complexity index is 1560. The number of oxazole rings is 1. The molecule has 4 heterocycles. The fourth-order valence-corrected chi connectivity index (χ4v) is 6.53. The van der Waals surface area contributed by atoms with Crippen LogP contribution in [0.3, 0.4) is 0 Å². The largest absolute Gasteiger partial charge is 0.483 e. The van der Waals surface area contributed by atoms with E-state index >= 15 is 0 Å². The number of aromatic nitrogens is 2. The van der Waals surface area contributed by atoms with E-state index in [1.165, 1.54) is 22.5 Å². The van der Waals surface area contributed by atoms with Crippen molar-refractivity contribution in [2.75, 3.05) is 59.4 Å². The Labute approximate surface area is 289 Å². The second-order valence-corrected chi connectivity index (χ2v) is 13.1. The van der Waals surface area contributed by atoms with Crippen LogP contribution in [0.25, 0.3) is 0 Å². The predicted molar refractivity (Wildman–Crippen MR) is 181 cm³/mol. The Morgan fingerprint density at radius 2 is 1.80 bits per heavy atom. The summed E-state index contributed by atoms with van der Waals surface area (Å²) < 4.78 is 5.71. The van der Waals surface area contributed by atoms with Gasteiger partial charge in [0.25, 0.3) is 18.3 Å². The van der Waals surface area contributed by atoms with E-state index in [-0.39, 0.29) is 67.7 Å². The maximum Gasteiger partial charge on any atom is 0.290 e. The lowest BCUT2D eigenvalue weighted by Gasteiger charge is -2.28. The smallest absolute Gasteiger partial charge is 0.290 e. The van der Waals surface area contributed by atoms with Crippen molar-refractivity contribution in [3.8, 4) is 0 Å². The van der Waals surface area contributed by atoms with Crippen molar-refractivity contribution in [3.63, 3.8) is 0 Å². The third-order valence-corrected chi connectivity index (χ3v) is 9.10. The molecule has 0 unspecified atom stereocenters. The van der Waals surface area contributed by atoms with Gasteiger partial charge in [-0.2, -0.15) is 0 Å². The first-order valence-corrected chi connectivity index (χ1v) is 17.1. The fourth-order valence-electron chi connectivity index (χ4n) is 5.51. The molecule has 1 saturated heterocycles. The average Bonchev–Trinajstić information content (AvgIpc) is 3.72. The van der Waals surface area contributed by atoms with Gasteiger partial charge in [-0.1, -0.05) is 44.2 Å². The Hall–Kier alpha value is -4.67. The summed E-state index contributed by atoms with van der Waals surface area (Å²) in [5.74, 6) is -1.31. The number of carboxylic acid groups (broad SMARTS) is 1. The minimum Gasteiger partial charge on any atom is -0.483 e. The van der Waals surface area contributed by atoms with Crippen molar-refractivity contribution in [1.82, 2.24) is 40.6 Å². The molecule has 1 fully saturated rings. The molecule has 264 valence electrons. The Morgan fingerprint density at radius 1 is 1.04 bits per heavy atom. The zero-order valence-electron chi connectivity index (χ0n) is 28.0. The van der Waals surface area contributed by atoms with E-state index in [2.05, 4.69) is 42.8 Å². The highest BCUT2D eigenvalue weighted by Crippen LogP contribution is 2.26. The molecule has 49 heavy (non-hydrogen) atoms. The van der Waals surface area contributed by atoms with Crippen LogP contribution in [-0.4, -0.2) is 119 Å². The zero-order chi connectivity index (χ0) is 35.3. The number of likely N-dealkylation sites (N-methyl/N-ethyl adjacent to an activating group) is 1. The molecule has 3 aromatic rings. The van der Waals surface area contributed by atoms with E-state index < -0.39 is 23.9 Å². The number of thiazole rings is 1. The highest BCUT2D eigenvalue weighted by atomic mass is 32.1. The van der Waals surface area contributed by atoms with E-state index in [1.54, 1.807) is 5.38 Å². The molecule has 5 rings (SSSR count). The number of hydrogen-bond acceptors (Lipinski definition) is 11. The SMILES string of the molecule is CC(C)[C@@H]1NC(=O)CN(C(=O)CN2CCCN(C)CC2)CCNC(=O)c2coc(n2)[C@H](Cc2ccccc2)NC(=O)c2csc1n2.O=CO. The van der Waals surface area contributed by atoms with Crippen molar-refractivity contribution in [1.29, 1.82) is 0 Å². The highest BCUT2D eigenvalue weighted by Gasteiger charge is 2.29. The summed E-state index contributed by atoms with van der Waals surface area (Å²) in [4.78, 5) is 76.6. The molecular formula is C33H44N8O7S. The molecule has 2 atom stereocenters. The zero-order valence-corrected chi connectivity index (χ0v) is 28.8. The van der Waals surface area contributed by atoms with E-state index in [1.807, 2.05) is 44.2 Å². The summed E-state index contributed by atoms with van der Waals surface area (Å²) in [5, 5.41) is 17.9. The number of rotatable bonds is 5. The van der Waals surface area contributed by atoms with Crippen LogP contribution in [0.1, 0.15) is 69.8 Å². The molecule has 0 radical (unpaired) electrons. The first-order chi connectivity index (χ1) is 23.6. The number of carbonyl (C=O) groups is 5. The lowest BCUT2D eigenvalue weighted by Crippen LogP contribution is -2.49. The van der Waals surface area contributed by atoms with Crippen LogP contribution in [-0.2, 0) is 20.8 Å². The van der Waals surface area contributed by atoms with Gasteiger partial charge >= 0.3 is 0 Å². The van der Waals surface area contributed by atoms with Crippen LogP contribution < -0.4 is 16.0 Å². The van der Waals surface area contributed by atoms with Gasteiger partial charge in [-0.05, 0) is 38.0 Å². The van der Waals surface area contributed by atoms with Crippen LogP contribution in [0.4, 0.5) is 0 Å². The minimum absolute atomic E-state index is 0.0364. The van der Waals surface area contributed by atoms with Gasteiger partial charge in [0.05, 0.1) is 19.1 Å². The van der Waals surface area contributed by atoms with Gasteiger partial charge in [-0.3, -0.25) is 28.9 Å². The van der Waals surface area contributed by atoms with E-state index in [0.717, 1.165) is 38.2 Å². The maximum atomic E-state index is 13.5. The van der Waals surface area contributed by atoms with Gasteiger partial charge in [0.2, 0.25) is 17.7 Å². The molecule has 2 aliphatic heterocycles. The minimum atomic E-state index is -0.673. The number of amides is 4. The number of nitrogens with one attached hydrogen (secondary N) is 3. The van der Waals surface area contributed by atoms with E-state index in [0.29, 0.717) is 11.4 Å². The van der Waals surface area contributed by atoms with Crippen molar-refractivity contribution < 1.29 is 33.5 Å². The first-order valence-electron chi connectivity index (χ1n) is 16.2. The summed E-state index contributed by atoms with van der Waals surface area (Å²) in [6, 6.07) is 8.44. The lowest BCUT2D eigenvalue weighted by atomic mass is 10.0. The molecule has 16 heteroatoms. The van der Waals surface area contributed by atoms with Gasteiger partial charge < -0.3 is 35.3 Å². The summed E-state index contributed by atoms with van der Waals surface area (Å²) in [6.45, 7) is 7.30. The quantitative estimate of drug-likeness (QED) is 0.283. The number of nitrogens with zero attached hydrogens (tertiary/aromatic N) is 5. The molecule has 15 nitrogen and oxygen atoms in total. The molecule has 2 aliphatic rings. The van der Waals surface area contributed by atoms with Crippen molar-refractivity contribution >= 4 is 41.4 Å². The van der Waals surface area contributed by atoms with E-state index in [4.69, 9.17) is 14.3 Å². The molecule has 0 saturated carbocycles. The standard InChI is InChI=1S/C32H42N8O5S.CH2O2/c1-21(2)28-32-36-25(20-46-32)30(44)34-23(16-22-8-5-4-6-9-22)31-35-24(19-45-31)29(43)33-10-13-40(17-26(41)37-28)27(42)18-39-12-7-11-38(3)14-15-39;2-1-3/h4-6,8-9,19-21,23,28H,7,10-18H2,1-3H3,(H,33,43)(H,34,44)(H,37,41);1H,(H,2,3)/t23-,28-;/m0./s1. The molecular weight excluding hydrogens is 652 g/mol. The Morgan fingerprint density at radius 3 is 2.53 bits per heavy atom. The number of carbonyl (C=O) groups excluding carboxylic acids is 4. The topological polar surface area (TPSA) is 190 Å².